The van der Waals surface area contributed by atoms with Gasteiger partial charge in [-0.3, -0.25) is 4.79 Å². The third-order valence-corrected chi connectivity index (χ3v) is 2.98. The molecule has 1 amide bonds. The van der Waals surface area contributed by atoms with Crippen LogP contribution in [-0.4, -0.2) is 28.7 Å². The monoisotopic (exact) mass is 247 g/mol. The number of amides is 1. The minimum atomic E-state index is 0.194. The van der Waals surface area contributed by atoms with E-state index < -0.39 is 0 Å². The van der Waals surface area contributed by atoms with Crippen LogP contribution < -0.4 is 0 Å². The molecule has 1 aliphatic rings. The standard InChI is InChI=1S/C10H18BrNO/c1-3-8(2)10(13)12(7-6-11)9-4-5-9/h8-9H,3-7H2,1-2H3. The van der Waals surface area contributed by atoms with E-state index in [1.54, 1.807) is 0 Å². The molecule has 3 heteroatoms. The van der Waals surface area contributed by atoms with E-state index in [0.29, 0.717) is 11.9 Å². The van der Waals surface area contributed by atoms with Crippen LogP contribution in [0.15, 0.2) is 0 Å². The predicted molar refractivity (Wildman–Crippen MR) is 58.0 cm³/mol. The van der Waals surface area contributed by atoms with E-state index in [-0.39, 0.29) is 5.92 Å². The summed E-state index contributed by atoms with van der Waals surface area (Å²) >= 11 is 3.39. The molecule has 1 fully saturated rings. The van der Waals surface area contributed by atoms with Crippen LogP contribution >= 0.6 is 15.9 Å². The predicted octanol–water partition coefficient (Wildman–Crippen LogP) is 2.42. The van der Waals surface area contributed by atoms with Gasteiger partial charge in [-0.25, -0.2) is 0 Å². The normalized spacial score (nSPS) is 18.4. The fourth-order valence-electron chi connectivity index (χ4n) is 1.41. The maximum atomic E-state index is 11.9. The molecule has 0 spiro atoms. The number of alkyl halides is 1. The van der Waals surface area contributed by atoms with Gasteiger partial charge in [0.05, 0.1) is 0 Å². The van der Waals surface area contributed by atoms with E-state index in [9.17, 15) is 4.79 Å². The average molecular weight is 248 g/mol. The van der Waals surface area contributed by atoms with Crippen LogP contribution in [0.1, 0.15) is 33.1 Å². The smallest absolute Gasteiger partial charge is 0.225 e. The molecule has 2 nitrogen and oxygen atoms in total. The molecule has 76 valence electrons. The zero-order valence-electron chi connectivity index (χ0n) is 8.42. The van der Waals surface area contributed by atoms with E-state index in [0.717, 1.165) is 18.3 Å². The Bertz CT molecular complexity index is 180. The van der Waals surface area contributed by atoms with Crippen LogP contribution in [0.4, 0.5) is 0 Å². The third kappa shape index (κ3) is 2.97. The van der Waals surface area contributed by atoms with Crippen LogP contribution in [-0.2, 0) is 4.79 Å². The minimum absolute atomic E-state index is 0.194. The molecular weight excluding hydrogens is 230 g/mol. The molecule has 0 bridgehead atoms. The highest BCUT2D eigenvalue weighted by Crippen LogP contribution is 2.28. The summed E-state index contributed by atoms with van der Waals surface area (Å²) in [7, 11) is 0. The maximum Gasteiger partial charge on any atom is 0.225 e. The van der Waals surface area contributed by atoms with Crippen molar-refractivity contribution in [3.05, 3.63) is 0 Å². The van der Waals surface area contributed by atoms with Gasteiger partial charge in [0.2, 0.25) is 5.91 Å². The van der Waals surface area contributed by atoms with Crippen LogP contribution in [0, 0.1) is 5.92 Å². The lowest BCUT2D eigenvalue weighted by Gasteiger charge is -2.24. The molecule has 1 atom stereocenters. The van der Waals surface area contributed by atoms with Gasteiger partial charge in [-0.05, 0) is 19.3 Å². The first-order valence-corrected chi connectivity index (χ1v) is 6.19. The number of hydrogen-bond donors (Lipinski definition) is 0. The second-order valence-corrected chi connectivity index (χ2v) is 4.55. The highest BCUT2D eigenvalue weighted by molar-refractivity contribution is 9.09. The zero-order valence-corrected chi connectivity index (χ0v) is 10.0. The summed E-state index contributed by atoms with van der Waals surface area (Å²) in [6.45, 7) is 4.96. The number of halogens is 1. The van der Waals surface area contributed by atoms with Gasteiger partial charge in [0, 0.05) is 23.8 Å². The maximum absolute atomic E-state index is 11.9. The summed E-state index contributed by atoms with van der Waals surface area (Å²) < 4.78 is 0. The fraction of sp³-hybridized carbons (Fsp3) is 0.900. The van der Waals surface area contributed by atoms with E-state index in [1.807, 2.05) is 11.8 Å². The molecule has 1 saturated carbocycles. The van der Waals surface area contributed by atoms with Crippen molar-refractivity contribution in [1.29, 1.82) is 0 Å². The van der Waals surface area contributed by atoms with Gasteiger partial charge in [0.15, 0.2) is 0 Å². The van der Waals surface area contributed by atoms with Crippen molar-refractivity contribution in [2.24, 2.45) is 5.92 Å². The molecule has 0 aliphatic heterocycles. The quantitative estimate of drug-likeness (QED) is 0.684. The number of rotatable bonds is 5. The number of nitrogens with zero attached hydrogens (tertiary/aromatic N) is 1. The van der Waals surface area contributed by atoms with Gasteiger partial charge < -0.3 is 4.90 Å². The largest absolute Gasteiger partial charge is 0.339 e. The molecule has 0 aromatic rings. The number of carbonyl (C=O) groups is 1. The van der Waals surface area contributed by atoms with E-state index in [2.05, 4.69) is 22.9 Å². The molecule has 13 heavy (non-hydrogen) atoms. The van der Waals surface area contributed by atoms with E-state index in [1.165, 1.54) is 12.8 Å². The molecule has 0 radical (unpaired) electrons. The van der Waals surface area contributed by atoms with Gasteiger partial charge >= 0.3 is 0 Å². The van der Waals surface area contributed by atoms with Crippen molar-refractivity contribution in [2.45, 2.75) is 39.2 Å². The number of hydrogen-bond acceptors (Lipinski definition) is 1. The van der Waals surface area contributed by atoms with Crippen molar-refractivity contribution < 1.29 is 4.79 Å². The zero-order chi connectivity index (χ0) is 9.84. The average Bonchev–Trinajstić information content (AvgIpc) is 2.95. The van der Waals surface area contributed by atoms with Crippen molar-refractivity contribution in [3.8, 4) is 0 Å². The molecule has 1 unspecified atom stereocenters. The fourth-order valence-corrected chi connectivity index (χ4v) is 1.79. The third-order valence-electron chi connectivity index (χ3n) is 2.63. The molecule has 0 heterocycles. The van der Waals surface area contributed by atoms with Crippen molar-refractivity contribution in [2.75, 3.05) is 11.9 Å². The van der Waals surface area contributed by atoms with E-state index >= 15 is 0 Å². The van der Waals surface area contributed by atoms with Gasteiger partial charge in [0.1, 0.15) is 0 Å². The Morgan fingerprint density at radius 1 is 1.62 bits per heavy atom. The Hall–Kier alpha value is -0.0500. The first kappa shape index (κ1) is 11.0. The summed E-state index contributed by atoms with van der Waals surface area (Å²) in [6.07, 6.45) is 3.36. The van der Waals surface area contributed by atoms with E-state index in [4.69, 9.17) is 0 Å². The molecule has 0 N–H and O–H groups in total. The minimum Gasteiger partial charge on any atom is -0.339 e. The molecule has 1 aliphatic carbocycles. The molecule has 1 rings (SSSR count). The highest BCUT2D eigenvalue weighted by atomic mass is 79.9. The Kier molecular flexibility index (Phi) is 4.23. The Morgan fingerprint density at radius 3 is 2.62 bits per heavy atom. The Morgan fingerprint density at radius 2 is 2.23 bits per heavy atom. The van der Waals surface area contributed by atoms with Crippen LogP contribution in [0.5, 0.6) is 0 Å². The lowest BCUT2D eigenvalue weighted by molar-refractivity contribution is -0.135. The Labute approximate surface area is 88.8 Å². The van der Waals surface area contributed by atoms with Gasteiger partial charge in [-0.15, -0.1) is 0 Å². The molecule has 0 saturated heterocycles. The van der Waals surface area contributed by atoms with Crippen LogP contribution in [0.25, 0.3) is 0 Å². The highest BCUT2D eigenvalue weighted by Gasteiger charge is 2.33. The number of carbonyl (C=O) groups excluding carboxylic acids is 1. The molecule has 0 aromatic heterocycles. The first-order valence-electron chi connectivity index (χ1n) is 5.07. The van der Waals surface area contributed by atoms with Gasteiger partial charge in [0.25, 0.3) is 0 Å². The summed E-state index contributed by atoms with van der Waals surface area (Å²) in [5, 5.41) is 0.895. The first-order chi connectivity index (χ1) is 6.20. The topological polar surface area (TPSA) is 20.3 Å². The van der Waals surface area contributed by atoms with Gasteiger partial charge in [-0.1, -0.05) is 29.8 Å². The summed E-state index contributed by atoms with van der Waals surface area (Å²) in [5.41, 5.74) is 0. The molecule has 0 aromatic carbocycles. The van der Waals surface area contributed by atoms with Crippen LogP contribution in [0.3, 0.4) is 0 Å². The second kappa shape index (κ2) is 4.99. The van der Waals surface area contributed by atoms with Gasteiger partial charge in [-0.2, -0.15) is 0 Å². The SMILES string of the molecule is CCC(C)C(=O)N(CCBr)C1CC1. The van der Waals surface area contributed by atoms with Crippen molar-refractivity contribution in [3.63, 3.8) is 0 Å². The second-order valence-electron chi connectivity index (χ2n) is 3.76. The Balaban J connectivity index is 2.47. The lowest BCUT2D eigenvalue weighted by atomic mass is 10.1. The summed E-state index contributed by atoms with van der Waals surface area (Å²) in [6, 6.07) is 0.555. The summed E-state index contributed by atoms with van der Waals surface area (Å²) in [4.78, 5) is 13.9. The van der Waals surface area contributed by atoms with Crippen molar-refractivity contribution in [1.82, 2.24) is 4.90 Å². The van der Waals surface area contributed by atoms with Crippen molar-refractivity contribution >= 4 is 21.8 Å². The summed E-state index contributed by atoms with van der Waals surface area (Å²) in [5.74, 6) is 0.532. The lowest BCUT2D eigenvalue weighted by Crippen LogP contribution is -2.38. The molecular formula is C10H18BrNO. The van der Waals surface area contributed by atoms with Crippen LogP contribution in [0.2, 0.25) is 0 Å².